The van der Waals surface area contributed by atoms with Gasteiger partial charge in [0.05, 0.1) is 12.3 Å². The number of hydrogen-bond donors (Lipinski definition) is 2. The summed E-state index contributed by atoms with van der Waals surface area (Å²) in [5.41, 5.74) is 3.83. The molecule has 8 heteroatoms. The molecule has 6 nitrogen and oxygen atoms in total. The number of hydrogen-bond acceptors (Lipinski definition) is 5. The Morgan fingerprint density at radius 2 is 1.85 bits per heavy atom. The van der Waals surface area contributed by atoms with E-state index in [-0.39, 0.29) is 11.3 Å². The first kappa shape index (κ1) is 31.8. The summed E-state index contributed by atoms with van der Waals surface area (Å²) in [4.78, 5) is 15.6. The highest BCUT2D eigenvalue weighted by molar-refractivity contribution is 7.83. The molecule has 1 aliphatic carbocycles. The van der Waals surface area contributed by atoms with Crippen molar-refractivity contribution in [2.75, 3.05) is 37.5 Å². The summed E-state index contributed by atoms with van der Waals surface area (Å²) in [5.74, 6) is 2.75. The lowest BCUT2D eigenvalue weighted by Gasteiger charge is -2.43. The van der Waals surface area contributed by atoms with Gasteiger partial charge in [0.15, 0.2) is 0 Å². The molecule has 226 valence electrons. The molecule has 5 unspecified atom stereocenters. The van der Waals surface area contributed by atoms with Gasteiger partial charge in [-0.05, 0) is 84.9 Å². The van der Waals surface area contributed by atoms with Gasteiger partial charge >= 0.3 is 0 Å². The van der Waals surface area contributed by atoms with E-state index in [1.54, 1.807) is 6.07 Å². The Morgan fingerprint density at radius 1 is 1.10 bits per heavy atom. The van der Waals surface area contributed by atoms with Gasteiger partial charge in [-0.3, -0.25) is 9.52 Å². The largest absolute Gasteiger partial charge is 0.490 e. The number of benzene rings is 2. The number of aryl methyl sites for hydroxylation is 1. The molecule has 41 heavy (non-hydrogen) atoms. The maximum Gasteiger partial charge on any atom is 0.263 e. The molecule has 2 aromatic carbocycles. The minimum Gasteiger partial charge on any atom is -0.490 e. The van der Waals surface area contributed by atoms with Crippen molar-refractivity contribution in [2.24, 2.45) is 17.8 Å². The lowest BCUT2D eigenvalue weighted by Crippen LogP contribution is -2.46. The van der Waals surface area contributed by atoms with Gasteiger partial charge in [0.1, 0.15) is 16.7 Å². The Balaban J connectivity index is 0.00000189. The Bertz CT molecular complexity index is 1220. The second-order valence-corrected chi connectivity index (χ2v) is 14.1. The molecule has 3 aliphatic rings. The molecule has 0 saturated heterocycles. The van der Waals surface area contributed by atoms with Crippen LogP contribution in [0.25, 0.3) is 0 Å². The number of fused-ring (bicyclic) bond motifs is 2. The number of ether oxygens (including phenoxy) is 1. The van der Waals surface area contributed by atoms with Crippen LogP contribution in [0.1, 0.15) is 87.2 Å². The van der Waals surface area contributed by atoms with Crippen molar-refractivity contribution in [3.8, 4) is 5.75 Å². The molecule has 1 fully saturated rings. The van der Waals surface area contributed by atoms with Crippen molar-refractivity contribution >= 4 is 34.2 Å². The predicted molar refractivity (Wildman–Crippen MR) is 169 cm³/mol. The van der Waals surface area contributed by atoms with E-state index in [4.69, 9.17) is 21.4 Å². The summed E-state index contributed by atoms with van der Waals surface area (Å²) in [6.45, 7) is 8.96. The summed E-state index contributed by atoms with van der Waals surface area (Å²) in [5, 5.41) is 7.77. The molecule has 0 radical (unpaired) electrons. The number of amides is 1. The van der Waals surface area contributed by atoms with Crippen LogP contribution in [0.3, 0.4) is 0 Å². The first-order chi connectivity index (χ1) is 19.8. The number of halogens is 1. The molecular weight excluding hydrogens is 556 g/mol. The van der Waals surface area contributed by atoms with Gasteiger partial charge in [0.25, 0.3) is 5.91 Å². The molecule has 2 heterocycles. The van der Waals surface area contributed by atoms with Crippen molar-refractivity contribution < 1.29 is 18.8 Å². The van der Waals surface area contributed by atoms with Gasteiger partial charge in [-0.25, -0.2) is 4.21 Å². The third-order valence-corrected chi connectivity index (χ3v) is 10.6. The zero-order valence-corrected chi connectivity index (χ0v) is 26.7. The van der Waals surface area contributed by atoms with Gasteiger partial charge in [-0.15, -0.1) is 0 Å². The van der Waals surface area contributed by atoms with Crippen molar-refractivity contribution in [1.82, 2.24) is 4.72 Å². The number of nitrogens with one attached hydrogen (secondary N) is 1. The average Bonchev–Trinajstić information content (AvgIpc) is 3.08. The lowest BCUT2D eigenvalue weighted by atomic mass is 9.70. The molecule has 1 amide bonds. The fraction of sp³-hybridized carbons (Fsp3) is 0.606. The monoisotopic (exact) mass is 602 g/mol. The average molecular weight is 603 g/mol. The Hall–Kier alpha value is -2.09. The molecule has 2 N–H and O–H groups in total. The molecule has 1 saturated carbocycles. The summed E-state index contributed by atoms with van der Waals surface area (Å²) >= 11 is 6.43. The van der Waals surface area contributed by atoms with Gasteiger partial charge in [0, 0.05) is 42.0 Å². The summed E-state index contributed by atoms with van der Waals surface area (Å²) in [6, 6.07) is 12.0. The normalized spacial score (nSPS) is 28.5. The van der Waals surface area contributed by atoms with Crippen LogP contribution in [0.15, 0.2) is 36.4 Å². The zero-order valence-electron chi connectivity index (χ0n) is 25.1. The Morgan fingerprint density at radius 3 is 2.59 bits per heavy atom. The van der Waals surface area contributed by atoms with Gasteiger partial charge < -0.3 is 14.7 Å². The highest BCUT2D eigenvalue weighted by Gasteiger charge is 2.39. The highest BCUT2D eigenvalue weighted by atomic mass is 35.5. The van der Waals surface area contributed by atoms with E-state index in [0.29, 0.717) is 29.8 Å². The zero-order chi connectivity index (χ0) is 29.6. The second kappa shape index (κ2) is 14.4. The maximum absolute atomic E-state index is 13.1. The van der Waals surface area contributed by atoms with Crippen LogP contribution in [0.5, 0.6) is 5.75 Å². The van der Waals surface area contributed by atoms with Crippen LogP contribution < -0.4 is 14.4 Å². The number of rotatable bonds is 3. The van der Waals surface area contributed by atoms with E-state index in [0.717, 1.165) is 68.3 Å². The number of aliphatic hydroxyl groups excluding tert-OH is 1. The molecule has 0 aromatic heterocycles. The summed E-state index contributed by atoms with van der Waals surface area (Å²) < 4.78 is 22.0. The fourth-order valence-corrected chi connectivity index (χ4v) is 8.04. The quantitative estimate of drug-likeness (QED) is 0.409. The van der Waals surface area contributed by atoms with Crippen molar-refractivity contribution in [3.63, 3.8) is 0 Å². The maximum atomic E-state index is 13.1. The van der Waals surface area contributed by atoms with E-state index in [1.165, 1.54) is 36.8 Å². The van der Waals surface area contributed by atoms with Crippen LogP contribution in [-0.2, 0) is 22.8 Å². The fourth-order valence-electron chi connectivity index (χ4n) is 6.76. The first-order valence-electron chi connectivity index (χ1n) is 15.2. The Labute approximate surface area is 253 Å². The van der Waals surface area contributed by atoms with Crippen molar-refractivity contribution in [1.29, 1.82) is 0 Å². The second-order valence-electron chi connectivity index (χ2n) is 12.4. The molecular formula is C33H47ClN2O4S. The number of carbonyl (C=O) groups excluding carboxylic acids is 1. The molecule has 0 spiro atoms. The molecule has 5 rings (SSSR count). The van der Waals surface area contributed by atoms with E-state index in [1.807, 2.05) is 18.2 Å². The van der Waals surface area contributed by atoms with E-state index < -0.39 is 11.0 Å². The smallest absolute Gasteiger partial charge is 0.263 e. The SMILES string of the molecule is CCCc1cc(Cl)ccc1C1(C)COc2ccc3cc2N(CC2CCC2CCCCC(C)CS(=O)NC3=O)C1.CO. The minimum atomic E-state index is -1.39. The third-order valence-electron chi connectivity index (χ3n) is 9.08. The van der Waals surface area contributed by atoms with Crippen LogP contribution in [0, 0.1) is 17.8 Å². The molecule has 2 aliphatic heterocycles. The predicted octanol–water partition coefficient (Wildman–Crippen LogP) is 6.69. The van der Waals surface area contributed by atoms with Crippen LogP contribution >= 0.6 is 11.6 Å². The first-order valence-corrected chi connectivity index (χ1v) is 16.9. The highest BCUT2D eigenvalue weighted by Crippen LogP contribution is 2.44. The molecule has 2 bridgehead atoms. The number of aliphatic hydroxyl groups is 1. The van der Waals surface area contributed by atoms with E-state index >= 15 is 0 Å². The number of nitrogens with zero attached hydrogens (tertiary/aromatic N) is 1. The number of anilines is 1. The van der Waals surface area contributed by atoms with Crippen LogP contribution in [0.2, 0.25) is 5.02 Å². The standard InChI is InChI=1S/C32H43ClN2O3S.CH4O/c1-4-7-24-16-27(33)13-14-28(24)32(3)20-35-18-26-11-10-23(26)9-6-5-8-22(2)19-39(37)34-31(36)25-12-15-30(38-21-32)29(35)17-25;1-2/h12-17,22-23,26H,4-11,18-21H2,1-3H3,(H,34,36);2H,1H3. The van der Waals surface area contributed by atoms with Crippen molar-refractivity contribution in [2.45, 2.75) is 77.6 Å². The molecule has 5 atom stereocenters. The van der Waals surface area contributed by atoms with E-state index in [9.17, 15) is 9.00 Å². The minimum absolute atomic E-state index is 0.242. The molecule has 2 aromatic rings. The van der Waals surface area contributed by atoms with Crippen molar-refractivity contribution in [3.05, 3.63) is 58.1 Å². The summed E-state index contributed by atoms with van der Waals surface area (Å²) in [6.07, 6.45) is 9.29. The van der Waals surface area contributed by atoms with Gasteiger partial charge in [-0.2, -0.15) is 0 Å². The third kappa shape index (κ3) is 7.66. The van der Waals surface area contributed by atoms with E-state index in [2.05, 4.69) is 42.5 Å². The summed E-state index contributed by atoms with van der Waals surface area (Å²) in [7, 11) is -0.389. The number of carbonyl (C=O) groups is 1. The lowest BCUT2D eigenvalue weighted by molar-refractivity contribution is 0.0982. The van der Waals surface area contributed by atoms with Crippen LogP contribution in [0.4, 0.5) is 5.69 Å². The van der Waals surface area contributed by atoms with Gasteiger partial charge in [0.2, 0.25) is 0 Å². The van der Waals surface area contributed by atoms with Crippen LogP contribution in [-0.4, -0.2) is 47.8 Å². The Kier molecular flexibility index (Phi) is 11.2. The van der Waals surface area contributed by atoms with Gasteiger partial charge in [-0.1, -0.05) is 64.1 Å². The topological polar surface area (TPSA) is 78.9 Å².